The number of amides is 1. The van der Waals surface area contributed by atoms with Gasteiger partial charge in [0.15, 0.2) is 0 Å². The predicted octanol–water partition coefficient (Wildman–Crippen LogP) is 2.12. The van der Waals surface area contributed by atoms with Crippen molar-refractivity contribution in [2.75, 3.05) is 5.32 Å². The Kier molecular flexibility index (Phi) is 4.62. The maximum Gasteiger partial charge on any atom is 0.267 e. The van der Waals surface area contributed by atoms with Crippen molar-refractivity contribution in [1.82, 2.24) is 5.32 Å². The maximum absolute atomic E-state index is 11.9. The van der Waals surface area contributed by atoms with Crippen molar-refractivity contribution in [1.29, 1.82) is 5.26 Å². The van der Waals surface area contributed by atoms with Gasteiger partial charge in [0, 0.05) is 6.20 Å². The Hall–Kier alpha value is -3.20. The molecule has 6 heteroatoms. The molecule has 0 atom stereocenters. The average molecular weight is 283 g/mol. The molecule has 2 rings (SSSR count). The molecule has 1 heterocycles. The summed E-state index contributed by atoms with van der Waals surface area (Å²) in [7, 11) is 0. The van der Waals surface area contributed by atoms with Gasteiger partial charge in [-0.1, -0.05) is 12.1 Å². The number of furan rings is 1. The fourth-order valence-corrected chi connectivity index (χ4v) is 1.58. The number of para-hydroxylation sites is 2. The van der Waals surface area contributed by atoms with Crippen LogP contribution in [-0.2, 0) is 11.3 Å². The summed E-state index contributed by atoms with van der Waals surface area (Å²) in [5.41, 5.74) is 0.138. The Bertz CT molecular complexity index is 684. The lowest BCUT2D eigenvalue weighted by atomic mass is 10.2. The van der Waals surface area contributed by atoms with Gasteiger partial charge in [0.1, 0.15) is 23.2 Å². The van der Waals surface area contributed by atoms with E-state index in [-0.39, 0.29) is 17.0 Å². The first-order valence-electron chi connectivity index (χ1n) is 6.16. The number of phenolic OH excluding ortho intramolecular Hbond substituents is 1. The molecule has 0 spiro atoms. The molecule has 0 radical (unpaired) electrons. The largest absolute Gasteiger partial charge is 0.506 e. The molecule has 0 saturated carbocycles. The quantitative estimate of drug-likeness (QED) is 0.443. The molecule has 1 aromatic carbocycles. The number of hydrogen-bond donors (Lipinski definition) is 3. The lowest BCUT2D eigenvalue weighted by Gasteiger charge is -2.06. The molecule has 0 aliphatic heterocycles. The molecule has 0 aliphatic rings. The van der Waals surface area contributed by atoms with Crippen molar-refractivity contribution < 1.29 is 14.3 Å². The van der Waals surface area contributed by atoms with Crippen LogP contribution < -0.4 is 10.6 Å². The molecule has 3 N–H and O–H groups in total. The van der Waals surface area contributed by atoms with Crippen LogP contribution in [0.25, 0.3) is 0 Å². The Morgan fingerprint density at radius 3 is 2.81 bits per heavy atom. The molecule has 0 saturated heterocycles. The van der Waals surface area contributed by atoms with Crippen molar-refractivity contribution >= 4 is 11.6 Å². The van der Waals surface area contributed by atoms with E-state index in [1.807, 2.05) is 0 Å². The molecular formula is C15H13N3O3. The first-order valence-corrected chi connectivity index (χ1v) is 6.16. The van der Waals surface area contributed by atoms with Crippen LogP contribution in [0, 0.1) is 11.3 Å². The zero-order valence-electron chi connectivity index (χ0n) is 11.0. The monoisotopic (exact) mass is 283 g/mol. The molecule has 2 aromatic rings. The first-order chi connectivity index (χ1) is 10.2. The number of anilines is 1. The molecule has 6 nitrogen and oxygen atoms in total. The molecule has 0 aliphatic carbocycles. The highest BCUT2D eigenvalue weighted by molar-refractivity contribution is 6.07. The van der Waals surface area contributed by atoms with E-state index in [1.54, 1.807) is 36.4 Å². The number of rotatable bonds is 5. The highest BCUT2D eigenvalue weighted by atomic mass is 16.3. The van der Waals surface area contributed by atoms with Crippen LogP contribution in [0.15, 0.2) is 58.9 Å². The second kappa shape index (κ2) is 6.82. The third-order valence-electron chi connectivity index (χ3n) is 2.62. The summed E-state index contributed by atoms with van der Waals surface area (Å²) >= 11 is 0. The number of hydrogen-bond acceptors (Lipinski definition) is 5. The fourth-order valence-electron chi connectivity index (χ4n) is 1.58. The summed E-state index contributed by atoms with van der Waals surface area (Å²) in [6.07, 6.45) is 2.84. The van der Waals surface area contributed by atoms with Gasteiger partial charge in [-0.3, -0.25) is 4.79 Å². The van der Waals surface area contributed by atoms with Gasteiger partial charge < -0.3 is 20.2 Å². The lowest BCUT2D eigenvalue weighted by molar-refractivity contribution is -0.112. The molecule has 106 valence electrons. The second-order valence-corrected chi connectivity index (χ2v) is 4.10. The molecule has 1 aromatic heterocycles. The van der Waals surface area contributed by atoms with Crippen molar-refractivity contribution in [2.45, 2.75) is 6.54 Å². The van der Waals surface area contributed by atoms with E-state index in [4.69, 9.17) is 9.68 Å². The summed E-state index contributed by atoms with van der Waals surface area (Å²) < 4.78 is 5.11. The number of benzene rings is 1. The SMILES string of the molecule is N#C/C(=C/NCc1ccco1)C(=O)Nc1ccccc1O. The van der Waals surface area contributed by atoms with E-state index in [0.717, 1.165) is 0 Å². The first kappa shape index (κ1) is 14.2. The number of nitrogens with zero attached hydrogens (tertiary/aromatic N) is 1. The third kappa shape index (κ3) is 3.88. The lowest BCUT2D eigenvalue weighted by Crippen LogP contribution is -2.16. The Labute approximate surface area is 121 Å². The van der Waals surface area contributed by atoms with Crippen molar-refractivity contribution in [2.24, 2.45) is 0 Å². The van der Waals surface area contributed by atoms with Gasteiger partial charge in [-0.2, -0.15) is 5.26 Å². The molecule has 0 fully saturated rings. The van der Waals surface area contributed by atoms with E-state index >= 15 is 0 Å². The number of nitriles is 1. The number of carbonyl (C=O) groups is 1. The standard InChI is InChI=1S/C15H13N3O3/c16-8-11(9-17-10-12-4-3-7-21-12)15(20)18-13-5-1-2-6-14(13)19/h1-7,9,17,19H,10H2,(H,18,20)/b11-9-. The molecule has 1 amide bonds. The summed E-state index contributed by atoms with van der Waals surface area (Å²) in [5, 5.41) is 23.8. The van der Waals surface area contributed by atoms with Gasteiger partial charge >= 0.3 is 0 Å². The minimum atomic E-state index is -0.606. The fraction of sp³-hybridized carbons (Fsp3) is 0.0667. The zero-order chi connectivity index (χ0) is 15.1. The van der Waals surface area contributed by atoms with E-state index in [9.17, 15) is 9.90 Å². The van der Waals surface area contributed by atoms with Crippen molar-refractivity contribution in [3.05, 3.63) is 60.2 Å². The van der Waals surface area contributed by atoms with E-state index in [1.165, 1.54) is 18.5 Å². The molecule has 0 unspecified atom stereocenters. The zero-order valence-corrected chi connectivity index (χ0v) is 11.0. The average Bonchev–Trinajstić information content (AvgIpc) is 2.99. The number of phenols is 1. The Morgan fingerprint density at radius 2 is 2.14 bits per heavy atom. The van der Waals surface area contributed by atoms with Crippen LogP contribution in [0.2, 0.25) is 0 Å². The minimum Gasteiger partial charge on any atom is -0.506 e. The van der Waals surface area contributed by atoms with Crippen LogP contribution in [0.4, 0.5) is 5.69 Å². The van der Waals surface area contributed by atoms with Crippen molar-refractivity contribution in [3.8, 4) is 11.8 Å². The molecule has 21 heavy (non-hydrogen) atoms. The molecule has 0 bridgehead atoms. The summed E-state index contributed by atoms with van der Waals surface area (Å²) in [6, 6.07) is 11.6. The van der Waals surface area contributed by atoms with Gasteiger partial charge in [0.2, 0.25) is 0 Å². The van der Waals surface area contributed by atoms with Gasteiger partial charge in [0.25, 0.3) is 5.91 Å². The van der Waals surface area contributed by atoms with Crippen LogP contribution in [0.3, 0.4) is 0 Å². The van der Waals surface area contributed by atoms with E-state index < -0.39 is 5.91 Å². The van der Waals surface area contributed by atoms with Crippen LogP contribution in [0.5, 0.6) is 5.75 Å². The summed E-state index contributed by atoms with van der Waals surface area (Å²) in [6.45, 7) is 0.363. The Morgan fingerprint density at radius 1 is 1.33 bits per heavy atom. The van der Waals surface area contributed by atoms with Crippen LogP contribution in [-0.4, -0.2) is 11.0 Å². The van der Waals surface area contributed by atoms with Gasteiger partial charge in [-0.15, -0.1) is 0 Å². The maximum atomic E-state index is 11.9. The van der Waals surface area contributed by atoms with Gasteiger partial charge in [0.05, 0.1) is 18.5 Å². The highest BCUT2D eigenvalue weighted by Gasteiger charge is 2.11. The number of carbonyl (C=O) groups excluding carboxylic acids is 1. The summed E-state index contributed by atoms with van der Waals surface area (Å²) in [4.78, 5) is 11.9. The van der Waals surface area contributed by atoms with Crippen LogP contribution in [0.1, 0.15) is 5.76 Å². The second-order valence-electron chi connectivity index (χ2n) is 4.10. The summed E-state index contributed by atoms with van der Waals surface area (Å²) in [5.74, 6) is 0.0160. The molecular weight excluding hydrogens is 270 g/mol. The van der Waals surface area contributed by atoms with E-state index in [0.29, 0.717) is 12.3 Å². The highest BCUT2D eigenvalue weighted by Crippen LogP contribution is 2.21. The number of nitrogens with one attached hydrogen (secondary N) is 2. The van der Waals surface area contributed by atoms with Gasteiger partial charge in [-0.05, 0) is 24.3 Å². The predicted molar refractivity (Wildman–Crippen MR) is 76.0 cm³/mol. The topological polar surface area (TPSA) is 98.3 Å². The minimum absolute atomic E-state index is 0.0633. The Balaban J connectivity index is 1.98. The van der Waals surface area contributed by atoms with Crippen LogP contribution >= 0.6 is 0 Å². The van der Waals surface area contributed by atoms with E-state index in [2.05, 4.69) is 10.6 Å². The van der Waals surface area contributed by atoms with Gasteiger partial charge in [-0.25, -0.2) is 0 Å². The van der Waals surface area contributed by atoms with Crippen molar-refractivity contribution in [3.63, 3.8) is 0 Å². The number of aromatic hydroxyl groups is 1. The smallest absolute Gasteiger partial charge is 0.267 e. The normalized spacial score (nSPS) is 10.7. The third-order valence-corrected chi connectivity index (χ3v) is 2.62.